The Bertz CT molecular complexity index is 245. The minimum atomic E-state index is -3.04. The predicted octanol–water partition coefficient (Wildman–Crippen LogP) is 1.63. The Morgan fingerprint density at radius 1 is 1.46 bits per heavy atom. The highest BCUT2D eigenvalue weighted by Crippen LogP contribution is 2.23. The molecular weight excluding hydrogens is 254 g/mol. The van der Waals surface area contributed by atoms with E-state index in [-0.39, 0.29) is 10.1 Å². The highest BCUT2D eigenvalue weighted by Gasteiger charge is 2.28. The van der Waals surface area contributed by atoms with E-state index in [1.54, 1.807) is 0 Å². The summed E-state index contributed by atoms with van der Waals surface area (Å²) in [5.41, 5.74) is 0. The SMILES string of the molecule is CC(Br)CNS(=O)(=O)C1CCCC1. The number of sulfonamides is 1. The molecule has 0 amide bonds. The first-order valence-corrected chi connectivity index (χ1v) is 7.11. The Morgan fingerprint density at radius 3 is 2.46 bits per heavy atom. The molecule has 0 aromatic carbocycles. The molecule has 0 bridgehead atoms. The molecule has 1 aliphatic rings. The zero-order valence-corrected chi connectivity index (χ0v) is 10.2. The van der Waals surface area contributed by atoms with Crippen LogP contribution in [-0.4, -0.2) is 25.0 Å². The predicted molar refractivity (Wildman–Crippen MR) is 57.6 cm³/mol. The standard InChI is InChI=1S/C8H16BrNO2S/c1-7(9)6-10-13(11,12)8-4-2-3-5-8/h7-8,10H,2-6H2,1H3. The lowest BCUT2D eigenvalue weighted by Crippen LogP contribution is -2.35. The quantitative estimate of drug-likeness (QED) is 0.789. The lowest BCUT2D eigenvalue weighted by Gasteiger charge is -2.12. The third-order valence-corrected chi connectivity index (χ3v) is 4.55. The van der Waals surface area contributed by atoms with Gasteiger partial charge in [-0.1, -0.05) is 35.7 Å². The molecule has 0 radical (unpaired) electrons. The molecule has 0 spiro atoms. The summed E-state index contributed by atoms with van der Waals surface area (Å²) in [6, 6.07) is 0. The fraction of sp³-hybridized carbons (Fsp3) is 1.00. The zero-order valence-electron chi connectivity index (χ0n) is 7.79. The second-order valence-corrected chi connectivity index (χ2v) is 7.19. The van der Waals surface area contributed by atoms with Gasteiger partial charge in [0.15, 0.2) is 0 Å². The van der Waals surface area contributed by atoms with Crippen molar-refractivity contribution in [1.29, 1.82) is 0 Å². The molecular formula is C8H16BrNO2S. The largest absolute Gasteiger partial charge is 0.214 e. The first-order valence-electron chi connectivity index (χ1n) is 4.65. The highest BCUT2D eigenvalue weighted by atomic mass is 79.9. The molecule has 0 saturated heterocycles. The summed E-state index contributed by atoms with van der Waals surface area (Å²) in [7, 11) is -3.04. The normalized spacial score (nSPS) is 22.0. The first-order chi connectivity index (χ1) is 6.02. The molecule has 5 heteroatoms. The van der Waals surface area contributed by atoms with Gasteiger partial charge in [-0.25, -0.2) is 13.1 Å². The maximum Gasteiger partial charge on any atom is 0.214 e. The van der Waals surface area contributed by atoms with Gasteiger partial charge in [0.05, 0.1) is 5.25 Å². The van der Waals surface area contributed by atoms with Gasteiger partial charge in [0.25, 0.3) is 0 Å². The molecule has 13 heavy (non-hydrogen) atoms. The van der Waals surface area contributed by atoms with Crippen molar-refractivity contribution in [3.05, 3.63) is 0 Å². The Hall–Kier alpha value is 0.390. The van der Waals surface area contributed by atoms with Crippen LogP contribution in [0.15, 0.2) is 0 Å². The van der Waals surface area contributed by atoms with Gasteiger partial charge in [0, 0.05) is 11.4 Å². The number of hydrogen-bond donors (Lipinski definition) is 1. The van der Waals surface area contributed by atoms with Crippen molar-refractivity contribution >= 4 is 26.0 Å². The number of rotatable bonds is 4. The Kier molecular flexibility index (Phi) is 4.19. The van der Waals surface area contributed by atoms with Crippen LogP contribution >= 0.6 is 15.9 Å². The molecule has 3 nitrogen and oxygen atoms in total. The molecule has 1 unspecified atom stereocenters. The summed E-state index contributed by atoms with van der Waals surface area (Å²) in [6.45, 7) is 2.41. The van der Waals surface area contributed by atoms with Gasteiger partial charge in [0.2, 0.25) is 10.0 Å². The van der Waals surface area contributed by atoms with E-state index in [1.165, 1.54) is 0 Å². The second kappa shape index (κ2) is 4.75. The molecule has 0 aliphatic heterocycles. The lowest BCUT2D eigenvalue weighted by atomic mass is 10.4. The Morgan fingerprint density at radius 2 is 2.00 bits per heavy atom. The summed E-state index contributed by atoms with van der Waals surface area (Å²) < 4.78 is 25.8. The van der Waals surface area contributed by atoms with Gasteiger partial charge < -0.3 is 0 Å². The van der Waals surface area contributed by atoms with Crippen LogP contribution in [0.4, 0.5) is 0 Å². The van der Waals surface area contributed by atoms with Crippen molar-refractivity contribution in [3.8, 4) is 0 Å². The number of nitrogens with one attached hydrogen (secondary N) is 1. The van der Waals surface area contributed by atoms with Crippen LogP contribution < -0.4 is 4.72 Å². The summed E-state index contributed by atoms with van der Waals surface area (Å²) in [6.07, 6.45) is 3.75. The maximum absolute atomic E-state index is 11.6. The number of alkyl halides is 1. The summed E-state index contributed by atoms with van der Waals surface area (Å²) in [5.74, 6) is 0. The average Bonchev–Trinajstić information content (AvgIpc) is 2.53. The van der Waals surface area contributed by atoms with Crippen LogP contribution in [0.25, 0.3) is 0 Å². The third kappa shape index (κ3) is 3.56. The third-order valence-electron chi connectivity index (χ3n) is 2.31. The van der Waals surface area contributed by atoms with Crippen LogP contribution in [0.2, 0.25) is 0 Å². The Balaban J connectivity index is 2.45. The van der Waals surface area contributed by atoms with Crippen LogP contribution in [0.1, 0.15) is 32.6 Å². The van der Waals surface area contributed by atoms with Crippen LogP contribution in [-0.2, 0) is 10.0 Å². The van der Waals surface area contributed by atoms with Gasteiger partial charge in [-0.2, -0.15) is 0 Å². The molecule has 1 rings (SSSR count). The fourth-order valence-corrected chi connectivity index (χ4v) is 3.60. The van der Waals surface area contributed by atoms with Gasteiger partial charge in [-0.05, 0) is 12.8 Å². The van der Waals surface area contributed by atoms with E-state index in [1.807, 2.05) is 6.92 Å². The van der Waals surface area contributed by atoms with Gasteiger partial charge >= 0.3 is 0 Å². The van der Waals surface area contributed by atoms with E-state index in [2.05, 4.69) is 20.7 Å². The Labute approximate surface area is 88.5 Å². The van der Waals surface area contributed by atoms with Crippen molar-refractivity contribution < 1.29 is 8.42 Å². The fourth-order valence-electron chi connectivity index (χ4n) is 1.55. The highest BCUT2D eigenvalue weighted by molar-refractivity contribution is 9.09. The van der Waals surface area contributed by atoms with E-state index in [9.17, 15) is 8.42 Å². The molecule has 0 aromatic heterocycles. The molecule has 1 atom stereocenters. The monoisotopic (exact) mass is 269 g/mol. The van der Waals surface area contributed by atoms with E-state index in [4.69, 9.17) is 0 Å². The molecule has 0 aromatic rings. The van der Waals surface area contributed by atoms with Crippen LogP contribution in [0, 0.1) is 0 Å². The molecule has 0 heterocycles. The van der Waals surface area contributed by atoms with Crippen molar-refractivity contribution in [1.82, 2.24) is 4.72 Å². The van der Waals surface area contributed by atoms with Gasteiger partial charge in [0.1, 0.15) is 0 Å². The lowest BCUT2D eigenvalue weighted by molar-refractivity contribution is 0.565. The van der Waals surface area contributed by atoms with E-state index in [0.717, 1.165) is 25.7 Å². The second-order valence-electron chi connectivity index (χ2n) is 3.58. The van der Waals surface area contributed by atoms with Crippen molar-refractivity contribution in [2.45, 2.75) is 42.7 Å². The number of halogens is 1. The van der Waals surface area contributed by atoms with Gasteiger partial charge in [-0.15, -0.1) is 0 Å². The van der Waals surface area contributed by atoms with E-state index >= 15 is 0 Å². The van der Waals surface area contributed by atoms with E-state index < -0.39 is 10.0 Å². The van der Waals surface area contributed by atoms with Crippen LogP contribution in [0.3, 0.4) is 0 Å². The average molecular weight is 270 g/mol. The van der Waals surface area contributed by atoms with Crippen LogP contribution in [0.5, 0.6) is 0 Å². The molecule has 1 saturated carbocycles. The first kappa shape index (κ1) is 11.5. The molecule has 1 aliphatic carbocycles. The maximum atomic E-state index is 11.6. The minimum Gasteiger partial charge on any atom is -0.214 e. The van der Waals surface area contributed by atoms with Crippen molar-refractivity contribution in [2.24, 2.45) is 0 Å². The topological polar surface area (TPSA) is 46.2 Å². The summed E-state index contributed by atoms with van der Waals surface area (Å²) in [5, 5.41) is -0.140. The zero-order chi connectivity index (χ0) is 9.90. The van der Waals surface area contributed by atoms with Gasteiger partial charge in [-0.3, -0.25) is 0 Å². The van der Waals surface area contributed by atoms with Crippen molar-refractivity contribution in [3.63, 3.8) is 0 Å². The van der Waals surface area contributed by atoms with Crippen molar-refractivity contribution in [2.75, 3.05) is 6.54 Å². The summed E-state index contributed by atoms with van der Waals surface area (Å²) >= 11 is 3.31. The molecule has 78 valence electrons. The summed E-state index contributed by atoms with van der Waals surface area (Å²) in [4.78, 5) is 0.198. The molecule has 1 N–H and O–H groups in total. The molecule has 1 fully saturated rings. The van der Waals surface area contributed by atoms with E-state index in [0.29, 0.717) is 6.54 Å². The smallest absolute Gasteiger partial charge is 0.214 e. The number of hydrogen-bond acceptors (Lipinski definition) is 2. The minimum absolute atomic E-state index is 0.140.